The highest BCUT2D eigenvalue weighted by molar-refractivity contribution is 7.16. The molecule has 0 spiro atoms. The molecule has 0 fully saturated rings. The van der Waals surface area contributed by atoms with E-state index >= 15 is 0 Å². The van der Waals surface area contributed by atoms with Gasteiger partial charge in [-0.25, -0.2) is 9.97 Å². The number of nitrogens with two attached hydrogens (primary N) is 1. The first-order chi connectivity index (χ1) is 5.27. The van der Waals surface area contributed by atoms with Crippen LogP contribution in [0.4, 0.5) is 5.82 Å². The number of nitrogens with zero attached hydrogens (tertiary/aromatic N) is 2. The lowest BCUT2D eigenvalue weighted by molar-refractivity contribution is 1.24. The van der Waals surface area contributed by atoms with Gasteiger partial charge in [0, 0.05) is 0 Å². The number of nitrogen functional groups attached to an aromatic ring is 1. The third-order valence-corrected chi connectivity index (χ3v) is 2.30. The Morgan fingerprint density at radius 1 is 1.45 bits per heavy atom. The molecule has 0 atom stereocenters. The van der Waals surface area contributed by atoms with Gasteiger partial charge in [-0.1, -0.05) is 0 Å². The molecule has 2 N–H and O–H groups in total. The smallest absolute Gasteiger partial charge is 0.225 e. The number of fused-ring (bicyclic) bond motifs is 1. The van der Waals surface area contributed by atoms with Gasteiger partial charge in [0.1, 0.15) is 10.6 Å². The second-order valence-electron chi connectivity index (χ2n) is 2.02. The highest BCUT2D eigenvalue weighted by atomic mass is 35.5. The molecule has 0 aliphatic rings. The summed E-state index contributed by atoms with van der Waals surface area (Å²) in [4.78, 5) is 8.64. The van der Waals surface area contributed by atoms with Crippen molar-refractivity contribution in [2.45, 2.75) is 0 Å². The fourth-order valence-electron chi connectivity index (χ4n) is 0.851. The van der Waals surface area contributed by atoms with Crippen LogP contribution in [0.2, 0.25) is 5.28 Å². The predicted octanol–water partition coefficient (Wildman–Crippen LogP) is 1.93. The van der Waals surface area contributed by atoms with Gasteiger partial charge in [0.25, 0.3) is 0 Å². The molecular formula is C6H4ClN3S. The van der Waals surface area contributed by atoms with Gasteiger partial charge in [-0.2, -0.15) is 0 Å². The van der Waals surface area contributed by atoms with E-state index in [9.17, 15) is 0 Å². The van der Waals surface area contributed by atoms with Crippen LogP contribution >= 0.6 is 22.9 Å². The third-order valence-electron chi connectivity index (χ3n) is 1.33. The zero-order chi connectivity index (χ0) is 7.84. The van der Waals surface area contributed by atoms with Crippen molar-refractivity contribution >= 4 is 39.0 Å². The molecule has 0 amide bonds. The maximum atomic E-state index is 5.59. The molecule has 0 bridgehead atoms. The number of hydrogen-bond acceptors (Lipinski definition) is 4. The SMILES string of the molecule is Nc1nc(Cl)nc2sccc12. The molecule has 56 valence electrons. The Balaban J connectivity index is 2.91. The molecule has 2 aromatic rings. The number of rotatable bonds is 0. The van der Waals surface area contributed by atoms with Crippen molar-refractivity contribution in [1.82, 2.24) is 9.97 Å². The Kier molecular flexibility index (Phi) is 1.44. The monoisotopic (exact) mass is 185 g/mol. The minimum atomic E-state index is 0.206. The first-order valence-electron chi connectivity index (χ1n) is 2.93. The highest BCUT2D eigenvalue weighted by Crippen LogP contribution is 2.23. The number of thiophene rings is 1. The van der Waals surface area contributed by atoms with Crippen molar-refractivity contribution in [3.63, 3.8) is 0 Å². The Morgan fingerprint density at radius 2 is 2.27 bits per heavy atom. The lowest BCUT2D eigenvalue weighted by Crippen LogP contribution is -1.92. The normalized spacial score (nSPS) is 10.6. The van der Waals surface area contributed by atoms with Gasteiger partial charge in [-0.3, -0.25) is 0 Å². The van der Waals surface area contributed by atoms with Crippen LogP contribution in [0.15, 0.2) is 11.4 Å². The summed E-state index contributed by atoms with van der Waals surface area (Å²) in [5, 5.41) is 2.99. The van der Waals surface area contributed by atoms with Crippen molar-refractivity contribution in [2.24, 2.45) is 0 Å². The number of hydrogen-bond donors (Lipinski definition) is 1. The number of halogens is 1. The van der Waals surface area contributed by atoms with Gasteiger partial charge >= 0.3 is 0 Å². The van der Waals surface area contributed by atoms with Gasteiger partial charge in [0.15, 0.2) is 0 Å². The average Bonchev–Trinajstić information content (AvgIpc) is 2.34. The summed E-state index contributed by atoms with van der Waals surface area (Å²) < 4.78 is 0. The van der Waals surface area contributed by atoms with E-state index in [1.165, 1.54) is 11.3 Å². The Hall–Kier alpha value is -0.870. The summed E-state index contributed by atoms with van der Waals surface area (Å²) >= 11 is 7.09. The number of anilines is 1. The third kappa shape index (κ3) is 1.04. The number of aromatic nitrogens is 2. The van der Waals surface area contributed by atoms with Crippen LogP contribution in [0.25, 0.3) is 10.2 Å². The van der Waals surface area contributed by atoms with Crippen molar-refractivity contribution in [3.05, 3.63) is 16.7 Å². The van der Waals surface area contributed by atoms with Crippen molar-refractivity contribution in [2.75, 3.05) is 5.73 Å². The summed E-state index contributed by atoms with van der Waals surface area (Å²) in [5.74, 6) is 0.446. The van der Waals surface area contributed by atoms with Crippen LogP contribution < -0.4 is 5.73 Å². The molecule has 3 nitrogen and oxygen atoms in total. The molecule has 0 aliphatic heterocycles. The lowest BCUT2D eigenvalue weighted by Gasteiger charge is -1.93. The molecule has 0 aromatic carbocycles. The van der Waals surface area contributed by atoms with E-state index in [-0.39, 0.29) is 5.28 Å². The van der Waals surface area contributed by atoms with Gasteiger partial charge in [0.05, 0.1) is 5.39 Å². The molecule has 0 saturated carbocycles. The molecular weight excluding hydrogens is 182 g/mol. The maximum absolute atomic E-state index is 5.59. The van der Waals surface area contributed by atoms with Crippen LogP contribution in [-0.4, -0.2) is 9.97 Å². The minimum absolute atomic E-state index is 0.206. The zero-order valence-corrected chi connectivity index (χ0v) is 6.99. The zero-order valence-electron chi connectivity index (χ0n) is 5.41. The molecule has 0 saturated heterocycles. The molecule has 0 radical (unpaired) electrons. The lowest BCUT2D eigenvalue weighted by atomic mass is 10.4. The predicted molar refractivity (Wildman–Crippen MR) is 46.8 cm³/mol. The Labute approximate surface area is 71.8 Å². The first-order valence-corrected chi connectivity index (χ1v) is 4.19. The van der Waals surface area contributed by atoms with E-state index < -0.39 is 0 Å². The van der Waals surface area contributed by atoms with Gasteiger partial charge < -0.3 is 5.73 Å². The van der Waals surface area contributed by atoms with E-state index in [0.29, 0.717) is 5.82 Å². The fourth-order valence-corrected chi connectivity index (χ4v) is 1.85. The van der Waals surface area contributed by atoms with E-state index in [4.69, 9.17) is 17.3 Å². The van der Waals surface area contributed by atoms with Crippen LogP contribution in [0.5, 0.6) is 0 Å². The van der Waals surface area contributed by atoms with Crippen molar-refractivity contribution in [3.8, 4) is 0 Å². The summed E-state index contributed by atoms with van der Waals surface area (Å²) in [6.07, 6.45) is 0. The quantitative estimate of drug-likeness (QED) is 0.638. The second kappa shape index (κ2) is 2.32. The van der Waals surface area contributed by atoms with Crippen LogP contribution in [0.1, 0.15) is 0 Å². The van der Waals surface area contributed by atoms with Gasteiger partial charge in [-0.15, -0.1) is 11.3 Å². The molecule has 5 heteroatoms. The van der Waals surface area contributed by atoms with Crippen LogP contribution in [0, 0.1) is 0 Å². The molecule has 2 rings (SSSR count). The Bertz CT molecular complexity index is 398. The standard InChI is InChI=1S/C6H4ClN3S/c7-6-9-4(8)3-1-2-11-5(3)10-6/h1-2H,(H2,8,9,10). The van der Waals surface area contributed by atoms with E-state index in [0.717, 1.165) is 10.2 Å². The minimum Gasteiger partial charge on any atom is -0.383 e. The largest absolute Gasteiger partial charge is 0.383 e. The summed E-state index contributed by atoms with van der Waals surface area (Å²) in [6, 6.07) is 1.88. The molecule has 0 unspecified atom stereocenters. The molecule has 0 aliphatic carbocycles. The summed E-state index contributed by atoms with van der Waals surface area (Å²) in [6.45, 7) is 0. The fraction of sp³-hybridized carbons (Fsp3) is 0. The van der Waals surface area contributed by atoms with E-state index in [1.807, 2.05) is 11.4 Å². The topological polar surface area (TPSA) is 51.8 Å². The van der Waals surface area contributed by atoms with E-state index in [2.05, 4.69) is 9.97 Å². The van der Waals surface area contributed by atoms with Gasteiger partial charge in [0.2, 0.25) is 5.28 Å². The molecule has 2 aromatic heterocycles. The van der Waals surface area contributed by atoms with Gasteiger partial charge in [-0.05, 0) is 23.0 Å². The average molecular weight is 186 g/mol. The van der Waals surface area contributed by atoms with Crippen molar-refractivity contribution in [1.29, 1.82) is 0 Å². The highest BCUT2D eigenvalue weighted by Gasteiger charge is 2.02. The molecule has 2 heterocycles. The van der Waals surface area contributed by atoms with Crippen molar-refractivity contribution < 1.29 is 0 Å². The second-order valence-corrected chi connectivity index (χ2v) is 3.25. The van der Waals surface area contributed by atoms with E-state index in [1.54, 1.807) is 0 Å². The first kappa shape index (κ1) is 6.82. The summed E-state index contributed by atoms with van der Waals surface area (Å²) in [5.41, 5.74) is 5.57. The maximum Gasteiger partial charge on any atom is 0.225 e. The molecule has 11 heavy (non-hydrogen) atoms. The van der Waals surface area contributed by atoms with Crippen LogP contribution in [-0.2, 0) is 0 Å². The Morgan fingerprint density at radius 3 is 3.09 bits per heavy atom. The summed E-state index contributed by atoms with van der Waals surface area (Å²) in [7, 11) is 0. The van der Waals surface area contributed by atoms with Crippen LogP contribution in [0.3, 0.4) is 0 Å².